The maximum Gasteiger partial charge on any atom is 0.268 e. The third-order valence-corrected chi connectivity index (χ3v) is 6.72. The Balaban J connectivity index is 1.96. The summed E-state index contributed by atoms with van der Waals surface area (Å²) in [4.78, 5) is 2.16. The number of anilines is 1. The summed E-state index contributed by atoms with van der Waals surface area (Å²) in [6.07, 6.45) is 1.45. The summed E-state index contributed by atoms with van der Waals surface area (Å²) >= 11 is 0. The van der Waals surface area contributed by atoms with E-state index in [0.717, 1.165) is 42.5 Å². The molecule has 1 fully saturated rings. The first-order chi connectivity index (χ1) is 13.0. The second-order valence-corrected chi connectivity index (χ2v) is 8.53. The first-order valence-corrected chi connectivity index (χ1v) is 10.4. The maximum atomic E-state index is 13.8. The summed E-state index contributed by atoms with van der Waals surface area (Å²) in [6.45, 7) is 1.58. The Morgan fingerprint density at radius 2 is 1.59 bits per heavy atom. The van der Waals surface area contributed by atoms with E-state index in [1.165, 1.54) is 12.1 Å². The van der Waals surface area contributed by atoms with Gasteiger partial charge in [-0.15, -0.1) is 0 Å². The van der Waals surface area contributed by atoms with Crippen molar-refractivity contribution in [3.05, 3.63) is 60.3 Å². The fraction of sp³-hybridized carbons (Fsp3) is 0.300. The highest BCUT2D eigenvalue weighted by atomic mass is 32.2. The molecule has 1 aliphatic heterocycles. The molecule has 0 atom stereocenters. The van der Waals surface area contributed by atoms with Gasteiger partial charge in [-0.05, 0) is 43.5 Å². The smallest absolute Gasteiger partial charge is 0.268 e. The summed E-state index contributed by atoms with van der Waals surface area (Å²) < 4.78 is 54.8. The van der Waals surface area contributed by atoms with Crippen molar-refractivity contribution in [3.63, 3.8) is 0 Å². The molecule has 0 saturated carbocycles. The first kappa shape index (κ1) is 18.0. The van der Waals surface area contributed by atoms with Crippen LogP contribution < -0.4 is 4.90 Å². The molecule has 27 heavy (non-hydrogen) atoms. The lowest BCUT2D eigenvalue weighted by atomic mass is 10.1. The Hall–Kier alpha value is -2.41. The molecule has 2 heterocycles. The van der Waals surface area contributed by atoms with E-state index in [-0.39, 0.29) is 16.0 Å². The fourth-order valence-electron chi connectivity index (χ4n) is 3.74. The summed E-state index contributed by atoms with van der Waals surface area (Å²) in [5.41, 5.74) is 0.729. The maximum absolute atomic E-state index is 13.8. The minimum Gasteiger partial charge on any atom is -0.371 e. The van der Waals surface area contributed by atoms with Gasteiger partial charge in [-0.1, -0.05) is 24.3 Å². The quantitative estimate of drug-likeness (QED) is 0.642. The number of rotatable bonds is 4. The molecule has 142 valence electrons. The van der Waals surface area contributed by atoms with Gasteiger partial charge >= 0.3 is 0 Å². The second-order valence-electron chi connectivity index (χ2n) is 6.72. The molecule has 2 aromatic carbocycles. The Morgan fingerprint density at radius 3 is 2.26 bits per heavy atom. The Kier molecular flexibility index (Phi) is 4.63. The number of hydrogen-bond donors (Lipinski definition) is 0. The van der Waals surface area contributed by atoms with Gasteiger partial charge in [0.15, 0.2) is 0 Å². The largest absolute Gasteiger partial charge is 0.371 e. The van der Waals surface area contributed by atoms with Crippen molar-refractivity contribution in [2.75, 3.05) is 18.0 Å². The molecular formula is C20H20F2N2O2S. The van der Waals surface area contributed by atoms with Crippen LogP contribution in [0, 0.1) is 0 Å². The van der Waals surface area contributed by atoms with Crippen LogP contribution in [0.25, 0.3) is 10.9 Å². The van der Waals surface area contributed by atoms with Gasteiger partial charge in [-0.3, -0.25) is 0 Å². The van der Waals surface area contributed by atoms with Crippen molar-refractivity contribution in [1.29, 1.82) is 0 Å². The lowest BCUT2D eigenvalue weighted by Gasteiger charge is -2.29. The molecule has 0 spiro atoms. The molecule has 7 heteroatoms. The van der Waals surface area contributed by atoms with Gasteiger partial charge in [0.2, 0.25) is 0 Å². The SMILES string of the molecule is O=S(=O)(c1ccccc1)n1cc(C(F)F)c2c(N3CCCCC3)cccc21. The number of piperidine rings is 1. The highest BCUT2D eigenvalue weighted by molar-refractivity contribution is 7.90. The highest BCUT2D eigenvalue weighted by Crippen LogP contribution is 2.38. The van der Waals surface area contributed by atoms with Crippen LogP contribution in [0.4, 0.5) is 14.5 Å². The molecule has 4 nitrogen and oxygen atoms in total. The minimum absolute atomic E-state index is 0.0751. The van der Waals surface area contributed by atoms with E-state index in [4.69, 9.17) is 0 Å². The van der Waals surface area contributed by atoms with Crippen molar-refractivity contribution >= 4 is 26.6 Å². The van der Waals surface area contributed by atoms with Gasteiger partial charge in [0.1, 0.15) is 0 Å². The standard InChI is InChI=1S/C20H20F2N2O2S/c21-20(22)16-14-24(27(25,26)15-8-3-1-4-9-15)18-11-7-10-17(19(16)18)23-12-5-2-6-13-23/h1,3-4,7-11,14,20H,2,5-6,12-13H2. The molecule has 1 aromatic heterocycles. The van der Waals surface area contributed by atoms with E-state index in [1.54, 1.807) is 36.4 Å². The fourth-order valence-corrected chi connectivity index (χ4v) is 5.13. The molecular weight excluding hydrogens is 370 g/mol. The predicted molar refractivity (Wildman–Crippen MR) is 102 cm³/mol. The van der Waals surface area contributed by atoms with E-state index < -0.39 is 16.4 Å². The van der Waals surface area contributed by atoms with Gasteiger partial charge < -0.3 is 4.90 Å². The van der Waals surface area contributed by atoms with Crippen LogP contribution in [0.5, 0.6) is 0 Å². The average molecular weight is 390 g/mol. The minimum atomic E-state index is -3.96. The van der Waals surface area contributed by atoms with Crippen molar-refractivity contribution in [1.82, 2.24) is 3.97 Å². The predicted octanol–water partition coefficient (Wildman–Crippen LogP) is 4.81. The zero-order valence-corrected chi connectivity index (χ0v) is 15.5. The van der Waals surface area contributed by atoms with Gasteiger partial charge in [0.25, 0.3) is 16.4 Å². The van der Waals surface area contributed by atoms with E-state index >= 15 is 0 Å². The number of benzene rings is 2. The van der Waals surface area contributed by atoms with Crippen LogP contribution in [0.1, 0.15) is 31.3 Å². The van der Waals surface area contributed by atoms with Crippen LogP contribution >= 0.6 is 0 Å². The van der Waals surface area contributed by atoms with Gasteiger partial charge in [-0.2, -0.15) is 0 Å². The molecule has 1 aliphatic rings. The van der Waals surface area contributed by atoms with E-state index in [1.807, 2.05) is 0 Å². The van der Waals surface area contributed by atoms with Crippen molar-refractivity contribution in [2.45, 2.75) is 30.6 Å². The number of hydrogen-bond acceptors (Lipinski definition) is 3. The molecule has 0 radical (unpaired) electrons. The van der Waals surface area contributed by atoms with E-state index in [9.17, 15) is 17.2 Å². The van der Waals surface area contributed by atoms with Crippen LogP contribution in [0.15, 0.2) is 59.6 Å². The number of fused-ring (bicyclic) bond motifs is 1. The highest BCUT2D eigenvalue weighted by Gasteiger charge is 2.27. The second kappa shape index (κ2) is 6.96. The number of halogens is 2. The normalized spacial score (nSPS) is 15.6. The van der Waals surface area contributed by atoms with Crippen LogP contribution in [0.2, 0.25) is 0 Å². The summed E-state index contributed by atoms with van der Waals surface area (Å²) in [7, 11) is -3.96. The Bertz CT molecular complexity index is 1060. The Labute approximate surface area is 157 Å². The number of nitrogens with zero attached hydrogens (tertiary/aromatic N) is 2. The molecule has 3 aromatic rings. The van der Waals surface area contributed by atoms with E-state index in [0.29, 0.717) is 11.1 Å². The molecule has 0 aliphatic carbocycles. The van der Waals surface area contributed by atoms with Crippen LogP contribution in [0.3, 0.4) is 0 Å². The third kappa shape index (κ3) is 3.10. The van der Waals surface area contributed by atoms with Crippen molar-refractivity contribution < 1.29 is 17.2 Å². The molecule has 1 saturated heterocycles. The summed E-state index contributed by atoms with van der Waals surface area (Å²) in [5.74, 6) is 0. The summed E-state index contributed by atoms with van der Waals surface area (Å²) in [5, 5.41) is 0.328. The molecule has 0 unspecified atom stereocenters. The van der Waals surface area contributed by atoms with Crippen LogP contribution in [-0.2, 0) is 10.0 Å². The van der Waals surface area contributed by atoms with E-state index in [2.05, 4.69) is 4.90 Å². The number of aromatic nitrogens is 1. The van der Waals surface area contributed by atoms with Gasteiger partial charge in [-0.25, -0.2) is 21.2 Å². The molecule has 0 N–H and O–H groups in total. The monoisotopic (exact) mass is 390 g/mol. The zero-order chi connectivity index (χ0) is 19.0. The summed E-state index contributed by atoms with van der Waals surface area (Å²) in [6, 6.07) is 13.0. The average Bonchev–Trinajstić information content (AvgIpc) is 3.10. The van der Waals surface area contributed by atoms with Gasteiger partial charge in [0.05, 0.1) is 10.4 Å². The van der Waals surface area contributed by atoms with Gasteiger partial charge in [0, 0.05) is 35.9 Å². The van der Waals surface area contributed by atoms with Crippen LogP contribution in [-0.4, -0.2) is 25.5 Å². The van der Waals surface area contributed by atoms with Crippen molar-refractivity contribution in [2.24, 2.45) is 0 Å². The van der Waals surface area contributed by atoms with Crippen molar-refractivity contribution in [3.8, 4) is 0 Å². The third-order valence-electron chi connectivity index (χ3n) is 5.03. The number of alkyl halides is 2. The molecule has 0 bridgehead atoms. The zero-order valence-electron chi connectivity index (χ0n) is 14.7. The Morgan fingerprint density at radius 1 is 0.889 bits per heavy atom. The first-order valence-electron chi connectivity index (χ1n) is 8.98. The molecule has 4 rings (SSSR count). The lowest BCUT2D eigenvalue weighted by molar-refractivity contribution is 0.153. The lowest BCUT2D eigenvalue weighted by Crippen LogP contribution is -2.29. The topological polar surface area (TPSA) is 42.3 Å². The molecule has 0 amide bonds.